The molecule has 0 bridgehead atoms. The lowest BCUT2D eigenvalue weighted by Crippen LogP contribution is -2.33. The summed E-state index contributed by atoms with van der Waals surface area (Å²) in [5.41, 5.74) is 6.15. The van der Waals surface area contributed by atoms with Crippen molar-refractivity contribution in [2.45, 2.75) is 12.5 Å². The Labute approximate surface area is 120 Å². The van der Waals surface area contributed by atoms with Crippen molar-refractivity contribution in [3.05, 3.63) is 23.8 Å². The maximum atomic E-state index is 11.2. The minimum Gasteiger partial charge on any atom is -0.504 e. The number of carbonyl (C=O) groups is 1. The lowest BCUT2D eigenvalue weighted by molar-refractivity contribution is -0.142. The van der Waals surface area contributed by atoms with Crippen LogP contribution in [0.3, 0.4) is 0 Å². The van der Waals surface area contributed by atoms with Crippen LogP contribution in [0.15, 0.2) is 18.2 Å². The Bertz CT molecular complexity index is 543. The van der Waals surface area contributed by atoms with Crippen LogP contribution in [0, 0.1) is 0 Å². The van der Waals surface area contributed by atoms with Crippen molar-refractivity contribution in [1.82, 2.24) is 0 Å². The number of hydrogen-bond donors (Lipinski definition) is 4. The van der Waals surface area contributed by atoms with E-state index in [9.17, 15) is 14.5 Å². The van der Waals surface area contributed by atoms with Gasteiger partial charge in [0.1, 0.15) is 6.04 Å². The molecule has 0 aliphatic carbocycles. The summed E-state index contributed by atoms with van der Waals surface area (Å²) in [5.74, 6) is -0.887. The largest absolute Gasteiger partial charge is 0.504 e. The molecule has 0 amide bonds. The van der Waals surface area contributed by atoms with Crippen molar-refractivity contribution in [2.75, 3.05) is 13.9 Å². The van der Waals surface area contributed by atoms with Crippen LogP contribution in [0.2, 0.25) is 0 Å². The van der Waals surface area contributed by atoms with E-state index in [0.717, 1.165) is 0 Å². The molecule has 10 heteroatoms. The summed E-state index contributed by atoms with van der Waals surface area (Å²) >= 11 is 0. The molecule has 1 aromatic rings. The second-order valence-electron chi connectivity index (χ2n) is 4.02. The van der Waals surface area contributed by atoms with Gasteiger partial charge < -0.3 is 30.1 Å². The third-order valence-electron chi connectivity index (χ3n) is 2.42. The van der Waals surface area contributed by atoms with Gasteiger partial charge in [0.2, 0.25) is 6.79 Å². The summed E-state index contributed by atoms with van der Waals surface area (Å²) in [5, 5.41) is 9.70. The molecule has 0 unspecified atom stereocenters. The standard InChI is InChI=1S/C11H16NO8P/c1-18-11(14)8(12)4-7-2-3-10(9(13)5-7)19-6-20-21(15,16)17/h2-3,5,8,13H,4,6,12H2,1H3,(H2,15,16,17)/t8-/m0/s1. The van der Waals surface area contributed by atoms with E-state index in [4.69, 9.17) is 20.3 Å². The van der Waals surface area contributed by atoms with Crippen LogP contribution in [0.1, 0.15) is 5.56 Å². The summed E-state index contributed by atoms with van der Waals surface area (Å²) in [6.45, 7) is -0.723. The summed E-state index contributed by atoms with van der Waals surface area (Å²) in [4.78, 5) is 28.1. The van der Waals surface area contributed by atoms with Gasteiger partial charge in [0.05, 0.1) is 7.11 Å². The van der Waals surface area contributed by atoms with E-state index in [1.165, 1.54) is 25.3 Å². The average Bonchev–Trinajstić information content (AvgIpc) is 2.39. The molecule has 1 atom stereocenters. The fourth-order valence-electron chi connectivity index (χ4n) is 1.46. The molecule has 0 fully saturated rings. The fourth-order valence-corrected chi connectivity index (χ4v) is 1.65. The molecule has 0 aliphatic heterocycles. The number of esters is 1. The number of ether oxygens (including phenoxy) is 2. The van der Waals surface area contributed by atoms with Gasteiger partial charge in [-0.25, -0.2) is 9.09 Å². The molecule has 118 valence electrons. The number of carbonyl (C=O) groups excluding carboxylic acids is 1. The molecule has 0 radical (unpaired) electrons. The number of phenols is 1. The molecule has 0 saturated heterocycles. The van der Waals surface area contributed by atoms with Crippen LogP contribution in [0.25, 0.3) is 0 Å². The Morgan fingerprint density at radius 1 is 1.43 bits per heavy atom. The zero-order chi connectivity index (χ0) is 16.0. The number of rotatable bonds is 7. The number of phosphoric acid groups is 1. The van der Waals surface area contributed by atoms with Crippen molar-refractivity contribution in [3.8, 4) is 11.5 Å². The van der Waals surface area contributed by atoms with E-state index >= 15 is 0 Å². The van der Waals surface area contributed by atoms with Crippen LogP contribution >= 0.6 is 7.82 Å². The Morgan fingerprint density at radius 2 is 2.10 bits per heavy atom. The topological polar surface area (TPSA) is 149 Å². The Balaban J connectivity index is 2.63. The van der Waals surface area contributed by atoms with Crippen molar-refractivity contribution in [3.63, 3.8) is 0 Å². The van der Waals surface area contributed by atoms with Crippen molar-refractivity contribution in [1.29, 1.82) is 0 Å². The van der Waals surface area contributed by atoms with Crippen LogP contribution < -0.4 is 10.5 Å². The molecule has 0 saturated carbocycles. The van der Waals surface area contributed by atoms with Gasteiger partial charge in [-0.1, -0.05) is 6.07 Å². The monoisotopic (exact) mass is 321 g/mol. The summed E-state index contributed by atoms with van der Waals surface area (Å²) < 4.78 is 23.9. The Hall–Kier alpha value is -1.64. The minimum atomic E-state index is -4.64. The van der Waals surface area contributed by atoms with E-state index in [1.807, 2.05) is 0 Å². The molecule has 1 aromatic carbocycles. The van der Waals surface area contributed by atoms with Gasteiger partial charge in [-0.05, 0) is 24.1 Å². The van der Waals surface area contributed by atoms with Gasteiger partial charge in [0, 0.05) is 0 Å². The molecule has 5 N–H and O–H groups in total. The van der Waals surface area contributed by atoms with E-state index in [0.29, 0.717) is 5.56 Å². The van der Waals surface area contributed by atoms with Gasteiger partial charge in [0.15, 0.2) is 11.5 Å². The van der Waals surface area contributed by atoms with Crippen LogP contribution in [-0.4, -0.2) is 40.8 Å². The van der Waals surface area contributed by atoms with Crippen molar-refractivity contribution in [2.24, 2.45) is 5.73 Å². The first-order valence-electron chi connectivity index (χ1n) is 5.71. The summed E-state index contributed by atoms with van der Waals surface area (Å²) in [6.07, 6.45) is 0.152. The van der Waals surface area contributed by atoms with Gasteiger partial charge in [-0.2, -0.15) is 0 Å². The number of aromatic hydroxyl groups is 1. The lowest BCUT2D eigenvalue weighted by Gasteiger charge is -2.12. The van der Waals surface area contributed by atoms with Crippen LogP contribution in [-0.2, 0) is 25.0 Å². The maximum absolute atomic E-state index is 11.2. The molecule has 9 nitrogen and oxygen atoms in total. The molecular weight excluding hydrogens is 305 g/mol. The molecule has 0 aliphatic rings. The summed E-state index contributed by atoms with van der Waals surface area (Å²) in [7, 11) is -3.42. The Kier molecular flexibility index (Phi) is 6.13. The fraction of sp³-hybridized carbons (Fsp3) is 0.364. The van der Waals surface area contributed by atoms with E-state index < -0.39 is 26.6 Å². The second kappa shape index (κ2) is 7.39. The Morgan fingerprint density at radius 3 is 2.62 bits per heavy atom. The summed E-state index contributed by atoms with van der Waals surface area (Å²) in [6, 6.07) is 3.35. The lowest BCUT2D eigenvalue weighted by atomic mass is 10.1. The number of benzene rings is 1. The minimum absolute atomic E-state index is 0.0289. The first-order chi connectivity index (χ1) is 9.73. The van der Waals surface area contributed by atoms with Gasteiger partial charge in [-0.3, -0.25) is 4.79 Å². The molecule has 1 rings (SSSR count). The molecule has 21 heavy (non-hydrogen) atoms. The predicted octanol–water partition coefficient (Wildman–Crippen LogP) is -0.119. The zero-order valence-corrected chi connectivity index (χ0v) is 12.0. The highest BCUT2D eigenvalue weighted by molar-refractivity contribution is 7.46. The number of phosphoric ester groups is 1. The first kappa shape index (κ1) is 17.4. The van der Waals surface area contributed by atoms with E-state index in [2.05, 4.69) is 9.26 Å². The first-order valence-corrected chi connectivity index (χ1v) is 7.24. The number of phenolic OH excluding ortho intramolecular Hbond substituents is 1. The van der Waals surface area contributed by atoms with Crippen molar-refractivity contribution < 1.29 is 38.3 Å². The highest BCUT2D eigenvalue weighted by Crippen LogP contribution is 2.36. The predicted molar refractivity (Wildman–Crippen MR) is 70.4 cm³/mol. The molecular formula is C11H16NO8P. The maximum Gasteiger partial charge on any atom is 0.472 e. The van der Waals surface area contributed by atoms with Gasteiger partial charge >= 0.3 is 13.8 Å². The normalized spacial score (nSPS) is 12.8. The molecule has 0 aromatic heterocycles. The van der Waals surface area contributed by atoms with Gasteiger partial charge in [0.25, 0.3) is 0 Å². The number of nitrogens with two attached hydrogens (primary N) is 1. The van der Waals surface area contributed by atoms with Crippen molar-refractivity contribution >= 4 is 13.8 Å². The zero-order valence-electron chi connectivity index (χ0n) is 11.1. The smallest absolute Gasteiger partial charge is 0.472 e. The van der Waals surface area contributed by atoms with E-state index in [-0.39, 0.29) is 17.9 Å². The third kappa shape index (κ3) is 6.11. The number of methoxy groups -OCH3 is 1. The quantitative estimate of drug-likeness (QED) is 0.306. The van der Waals surface area contributed by atoms with Gasteiger partial charge in [-0.15, -0.1) is 0 Å². The third-order valence-corrected chi connectivity index (χ3v) is 2.86. The highest BCUT2D eigenvalue weighted by Gasteiger charge is 2.16. The highest BCUT2D eigenvalue weighted by atomic mass is 31.2. The number of hydrogen-bond acceptors (Lipinski definition) is 7. The SMILES string of the molecule is COC(=O)[C@@H](N)Cc1ccc(OCOP(=O)(O)O)c(O)c1. The van der Waals surface area contributed by atoms with E-state index in [1.54, 1.807) is 0 Å². The molecule has 0 heterocycles. The van der Waals surface area contributed by atoms with Crippen LogP contribution in [0.4, 0.5) is 0 Å². The second-order valence-corrected chi connectivity index (χ2v) is 5.26. The average molecular weight is 321 g/mol. The molecule has 0 spiro atoms. The van der Waals surface area contributed by atoms with Crippen LogP contribution in [0.5, 0.6) is 11.5 Å².